The maximum absolute atomic E-state index is 2.99. The number of halogens is 2. The van der Waals surface area contributed by atoms with Crippen LogP contribution in [0.3, 0.4) is 0 Å². The van der Waals surface area contributed by atoms with E-state index in [9.17, 15) is 0 Å². The molecule has 0 unspecified atom stereocenters. The molecule has 0 fully saturated rings. The van der Waals surface area contributed by atoms with Gasteiger partial charge in [-0.25, -0.2) is 12.2 Å². The number of hydrogen-bond donors (Lipinski definition) is 0. The Kier molecular flexibility index (Phi) is 13.5. The van der Waals surface area contributed by atoms with Gasteiger partial charge in [-0.3, -0.25) is 6.08 Å². The van der Waals surface area contributed by atoms with Crippen molar-refractivity contribution >= 4 is 49.6 Å². The molecular weight excluding hydrogens is 631 g/mol. The SMILES string of the molecule is CC(C)(C)c1ccc2[cH-]c3ccc(C(C)(C)C)cc3c2c1.Cl.Cl.[C-]1=CC=CC1.[Zr+2]=[C](c1ccccc1)c1ccccc1. The van der Waals surface area contributed by atoms with Crippen LogP contribution in [-0.2, 0) is 35.1 Å². The third kappa shape index (κ3) is 9.54. The van der Waals surface area contributed by atoms with Crippen LogP contribution in [0.4, 0.5) is 0 Å². The van der Waals surface area contributed by atoms with Crippen LogP contribution in [0.15, 0.2) is 121 Å². The Morgan fingerprint density at radius 1 is 0.643 bits per heavy atom. The summed E-state index contributed by atoms with van der Waals surface area (Å²) in [6.07, 6.45) is 10.0. The van der Waals surface area contributed by atoms with E-state index in [4.69, 9.17) is 0 Å². The number of fused-ring (bicyclic) bond motifs is 3. The third-order valence-electron chi connectivity index (χ3n) is 7.15. The molecule has 0 aromatic heterocycles. The normalized spacial score (nSPS) is 12.0. The Balaban J connectivity index is 0.000000253. The molecule has 0 aliphatic heterocycles. The van der Waals surface area contributed by atoms with Gasteiger partial charge in [0.25, 0.3) is 0 Å². The molecule has 0 nitrogen and oxygen atoms in total. The van der Waals surface area contributed by atoms with E-state index >= 15 is 0 Å². The molecule has 0 saturated heterocycles. The molecule has 6 rings (SSSR count). The fraction of sp³-hybridized carbons (Fsp3) is 0.231. The first-order chi connectivity index (χ1) is 19.0. The van der Waals surface area contributed by atoms with Gasteiger partial charge in [-0.15, -0.1) is 71.0 Å². The Morgan fingerprint density at radius 2 is 1.07 bits per heavy atom. The van der Waals surface area contributed by atoms with Crippen LogP contribution in [0, 0.1) is 6.08 Å². The third-order valence-corrected chi connectivity index (χ3v) is 8.57. The Bertz CT molecular complexity index is 1510. The summed E-state index contributed by atoms with van der Waals surface area (Å²) in [4.78, 5) is 0. The molecule has 0 atom stereocenters. The zero-order valence-corrected chi connectivity index (χ0v) is 29.7. The van der Waals surface area contributed by atoms with Crippen LogP contribution in [-0.4, -0.2) is 3.21 Å². The Labute approximate surface area is 280 Å². The maximum atomic E-state index is 2.99. The van der Waals surface area contributed by atoms with Crippen LogP contribution in [0.5, 0.6) is 0 Å². The molecule has 1 aliphatic carbocycles. The number of rotatable bonds is 2. The topological polar surface area (TPSA) is 0 Å². The molecular formula is C39H42Cl2Zr. The molecule has 0 saturated carbocycles. The van der Waals surface area contributed by atoms with Crippen molar-refractivity contribution in [3.8, 4) is 0 Å². The summed E-state index contributed by atoms with van der Waals surface area (Å²) < 4.78 is 1.42. The minimum atomic E-state index is 0. The van der Waals surface area contributed by atoms with Crippen molar-refractivity contribution < 1.29 is 24.2 Å². The quantitative estimate of drug-likeness (QED) is 0.164. The predicted molar refractivity (Wildman–Crippen MR) is 187 cm³/mol. The van der Waals surface area contributed by atoms with E-state index in [1.54, 1.807) is 0 Å². The summed E-state index contributed by atoms with van der Waals surface area (Å²) in [7, 11) is 0. The van der Waals surface area contributed by atoms with Crippen molar-refractivity contribution in [2.45, 2.75) is 58.8 Å². The zero-order valence-electron chi connectivity index (χ0n) is 25.6. The summed E-state index contributed by atoms with van der Waals surface area (Å²) in [5.74, 6) is 0. The van der Waals surface area contributed by atoms with E-state index in [0.29, 0.717) is 0 Å². The van der Waals surface area contributed by atoms with E-state index < -0.39 is 0 Å². The second kappa shape index (κ2) is 15.9. The molecule has 0 bridgehead atoms. The summed E-state index contributed by atoms with van der Waals surface area (Å²) in [6.45, 7) is 13.7. The first-order valence-electron chi connectivity index (χ1n) is 14.1. The van der Waals surface area contributed by atoms with E-state index in [1.807, 2.05) is 12.2 Å². The fourth-order valence-corrected chi connectivity index (χ4v) is 5.47. The van der Waals surface area contributed by atoms with Crippen molar-refractivity contribution in [2.75, 3.05) is 0 Å². The molecule has 0 amide bonds. The number of benzene rings is 4. The van der Waals surface area contributed by atoms with E-state index in [1.165, 1.54) is 71.2 Å². The molecule has 1 aliphatic rings. The van der Waals surface area contributed by atoms with Crippen LogP contribution in [0.2, 0.25) is 0 Å². The second-order valence-electron chi connectivity index (χ2n) is 12.4. The van der Waals surface area contributed by atoms with E-state index in [-0.39, 0.29) is 35.6 Å². The molecule has 0 heterocycles. The first kappa shape index (κ1) is 35.8. The monoisotopic (exact) mass is 670 g/mol. The summed E-state index contributed by atoms with van der Waals surface area (Å²) >= 11 is 1.46. The van der Waals surface area contributed by atoms with Gasteiger partial charge >= 0.3 is 99.2 Å². The van der Waals surface area contributed by atoms with Crippen molar-refractivity contribution in [1.82, 2.24) is 0 Å². The molecule has 42 heavy (non-hydrogen) atoms. The molecule has 0 radical (unpaired) electrons. The van der Waals surface area contributed by atoms with Crippen molar-refractivity contribution in [1.29, 1.82) is 0 Å². The standard InChI is InChI=1S/C21H25.C13H10.C5H5.2ClH.Zr/c1-20(2,3)16-9-7-14-11-15-8-10-17(21(4,5)6)13-19(15)18(14)12-16;1-3-7-12(8-4-1)11-13-9-5-2-6-10-13;1-2-4-5-3-1;;;/h7-13H,1-6H3;1-10H;1-3H,4H2;2*1H;/q-1;;-1;;;+2. The minimum absolute atomic E-state index is 0. The number of allylic oxidation sites excluding steroid dienone is 4. The van der Waals surface area contributed by atoms with Gasteiger partial charge in [0.15, 0.2) is 0 Å². The van der Waals surface area contributed by atoms with Gasteiger partial charge in [-0.05, 0) is 10.8 Å². The second-order valence-corrected chi connectivity index (χ2v) is 13.6. The van der Waals surface area contributed by atoms with Crippen molar-refractivity contribution in [3.63, 3.8) is 0 Å². The van der Waals surface area contributed by atoms with Crippen LogP contribution < -0.4 is 0 Å². The van der Waals surface area contributed by atoms with Crippen molar-refractivity contribution in [3.05, 3.63) is 150 Å². The van der Waals surface area contributed by atoms with Crippen LogP contribution >= 0.6 is 24.8 Å². The summed E-state index contributed by atoms with van der Waals surface area (Å²) in [6, 6.07) is 37.3. The Hall–Kier alpha value is -2.44. The van der Waals surface area contributed by atoms with E-state index in [2.05, 4.69) is 157 Å². The van der Waals surface area contributed by atoms with Gasteiger partial charge in [0.05, 0.1) is 0 Å². The van der Waals surface area contributed by atoms with Gasteiger partial charge in [-0.2, -0.15) is 6.08 Å². The van der Waals surface area contributed by atoms with Crippen molar-refractivity contribution in [2.24, 2.45) is 0 Å². The molecule has 0 N–H and O–H groups in total. The van der Waals surface area contributed by atoms with Gasteiger partial charge in [0, 0.05) is 0 Å². The average Bonchev–Trinajstić information content (AvgIpc) is 3.64. The Morgan fingerprint density at radius 3 is 1.38 bits per heavy atom. The molecule has 0 spiro atoms. The summed E-state index contributed by atoms with van der Waals surface area (Å²) in [5.41, 5.74) is 5.86. The first-order valence-corrected chi connectivity index (χ1v) is 15.3. The average molecular weight is 673 g/mol. The van der Waals surface area contributed by atoms with Crippen LogP contribution in [0.1, 0.15) is 70.2 Å². The number of hydrogen-bond acceptors (Lipinski definition) is 0. The van der Waals surface area contributed by atoms with Gasteiger partial charge < -0.3 is 0 Å². The molecule has 5 aromatic rings. The fourth-order valence-electron chi connectivity index (χ4n) is 4.65. The summed E-state index contributed by atoms with van der Waals surface area (Å²) in [5, 5.41) is 5.49. The zero-order chi connectivity index (χ0) is 28.8. The van der Waals surface area contributed by atoms with Gasteiger partial charge in [-0.1, -0.05) is 76.9 Å². The molecule has 5 aromatic carbocycles. The van der Waals surface area contributed by atoms with Gasteiger partial charge in [0.2, 0.25) is 0 Å². The predicted octanol–water partition coefficient (Wildman–Crippen LogP) is 11.3. The molecule has 3 heteroatoms. The van der Waals surface area contributed by atoms with Crippen LogP contribution in [0.25, 0.3) is 21.5 Å². The van der Waals surface area contributed by atoms with E-state index in [0.717, 1.165) is 6.42 Å². The van der Waals surface area contributed by atoms with Gasteiger partial charge in [0.1, 0.15) is 0 Å². The molecule has 216 valence electrons.